The van der Waals surface area contributed by atoms with Gasteiger partial charge in [-0.05, 0) is 32.5 Å². The van der Waals surface area contributed by atoms with Gasteiger partial charge in [-0.15, -0.1) is 0 Å². The third-order valence-electron chi connectivity index (χ3n) is 2.16. The first-order valence-corrected chi connectivity index (χ1v) is 6.50. The molecule has 0 saturated heterocycles. The summed E-state index contributed by atoms with van der Waals surface area (Å²) in [6, 6.07) is 0. The Morgan fingerprint density at radius 2 is 2.11 bits per heavy atom. The van der Waals surface area contributed by atoms with Crippen LogP contribution in [0.25, 0.3) is 0 Å². The van der Waals surface area contributed by atoms with Gasteiger partial charge in [0.25, 0.3) is 0 Å². The van der Waals surface area contributed by atoms with Crippen LogP contribution in [0.2, 0.25) is 0 Å². The zero-order chi connectivity index (χ0) is 14.7. The highest BCUT2D eigenvalue weighted by atomic mass is 16.5. The van der Waals surface area contributed by atoms with E-state index in [-0.39, 0.29) is 0 Å². The predicted molar refractivity (Wildman–Crippen MR) is 80.2 cm³/mol. The highest BCUT2D eigenvalue weighted by molar-refractivity contribution is 4.95. The quantitative estimate of drug-likeness (QED) is 0.468. The molecule has 0 aliphatic rings. The summed E-state index contributed by atoms with van der Waals surface area (Å²) in [5.41, 5.74) is 0. The molecule has 0 rings (SSSR count). The van der Waals surface area contributed by atoms with Gasteiger partial charge >= 0.3 is 0 Å². The lowest BCUT2D eigenvalue weighted by molar-refractivity contribution is 0.278. The number of hydrogen-bond donors (Lipinski definition) is 2. The van der Waals surface area contributed by atoms with Gasteiger partial charge in [0.05, 0.1) is 5.76 Å². The van der Waals surface area contributed by atoms with E-state index in [9.17, 15) is 5.11 Å². The zero-order valence-electron chi connectivity index (χ0n) is 12.3. The molecular formula is C15H26N2O2. The molecule has 0 aliphatic heterocycles. The molecule has 0 unspecified atom stereocenters. The van der Waals surface area contributed by atoms with E-state index in [4.69, 9.17) is 4.74 Å². The molecule has 0 bridgehead atoms. The van der Waals surface area contributed by atoms with Gasteiger partial charge in [0.15, 0.2) is 5.88 Å². The predicted octanol–water partition coefficient (Wildman–Crippen LogP) is 3.63. The SMILES string of the molecule is C=C(C)OC(=C)NCCC/C(O)=C\N(C)/C=C\CC. The van der Waals surface area contributed by atoms with Crippen LogP contribution in [-0.4, -0.2) is 23.6 Å². The highest BCUT2D eigenvalue weighted by Crippen LogP contribution is 2.03. The first-order valence-electron chi connectivity index (χ1n) is 6.50. The van der Waals surface area contributed by atoms with Gasteiger partial charge in [-0.2, -0.15) is 0 Å². The maximum atomic E-state index is 9.72. The summed E-state index contributed by atoms with van der Waals surface area (Å²) in [5.74, 6) is 1.44. The molecule has 2 N–H and O–H groups in total. The fourth-order valence-electron chi connectivity index (χ4n) is 1.36. The molecule has 0 aromatic carbocycles. The Kier molecular flexibility index (Phi) is 9.14. The molecule has 0 radical (unpaired) electrons. The van der Waals surface area contributed by atoms with E-state index in [1.54, 1.807) is 13.1 Å². The van der Waals surface area contributed by atoms with Crippen molar-refractivity contribution in [3.63, 3.8) is 0 Å². The number of ether oxygens (including phenoxy) is 1. The Labute approximate surface area is 116 Å². The smallest absolute Gasteiger partial charge is 0.185 e. The number of aliphatic hydroxyl groups is 1. The molecule has 0 aliphatic carbocycles. The molecule has 0 fully saturated rings. The van der Waals surface area contributed by atoms with Crippen molar-refractivity contribution in [2.45, 2.75) is 33.1 Å². The summed E-state index contributed by atoms with van der Waals surface area (Å²) in [7, 11) is 1.89. The zero-order valence-corrected chi connectivity index (χ0v) is 12.3. The third-order valence-corrected chi connectivity index (χ3v) is 2.16. The van der Waals surface area contributed by atoms with Gasteiger partial charge in [0.1, 0.15) is 5.76 Å². The molecule has 0 amide bonds. The van der Waals surface area contributed by atoms with Gasteiger partial charge < -0.3 is 20.1 Å². The molecule has 108 valence electrons. The minimum atomic E-state index is 0.358. The second-order valence-corrected chi connectivity index (χ2v) is 4.34. The standard InChI is InChI=1S/C15H26N2O2/c1-6-7-11-17(5)12-15(18)9-8-10-16-14(4)19-13(2)3/h7,11-12,16,18H,2,4,6,8-10H2,1,3,5H3/b11-7-,15-12+. The van der Waals surface area contributed by atoms with Crippen LogP contribution in [-0.2, 0) is 4.74 Å². The molecule has 4 nitrogen and oxygen atoms in total. The lowest BCUT2D eigenvalue weighted by atomic mass is 10.2. The van der Waals surface area contributed by atoms with Crippen LogP contribution < -0.4 is 5.32 Å². The minimum absolute atomic E-state index is 0.358. The van der Waals surface area contributed by atoms with Crippen molar-refractivity contribution < 1.29 is 9.84 Å². The lowest BCUT2D eigenvalue weighted by Crippen LogP contribution is -2.15. The molecular weight excluding hydrogens is 240 g/mol. The molecule has 19 heavy (non-hydrogen) atoms. The minimum Gasteiger partial charge on any atom is -0.511 e. The molecule has 0 atom stereocenters. The topological polar surface area (TPSA) is 44.7 Å². The Balaban J connectivity index is 3.82. The first-order chi connectivity index (χ1) is 8.95. The molecule has 0 aromatic heterocycles. The van der Waals surface area contributed by atoms with E-state index >= 15 is 0 Å². The number of hydrogen-bond acceptors (Lipinski definition) is 4. The molecule has 0 saturated carbocycles. The first kappa shape index (κ1) is 17.2. The van der Waals surface area contributed by atoms with Crippen LogP contribution in [0.1, 0.15) is 33.1 Å². The van der Waals surface area contributed by atoms with Crippen LogP contribution in [0, 0.1) is 0 Å². The van der Waals surface area contributed by atoms with Crippen molar-refractivity contribution in [3.8, 4) is 0 Å². The van der Waals surface area contributed by atoms with E-state index in [2.05, 4.69) is 25.4 Å². The second-order valence-electron chi connectivity index (χ2n) is 4.34. The van der Waals surface area contributed by atoms with E-state index < -0.39 is 0 Å². The number of aliphatic hydroxyl groups excluding tert-OH is 1. The number of rotatable bonds is 10. The third kappa shape index (κ3) is 11.0. The van der Waals surface area contributed by atoms with Crippen LogP contribution in [0.15, 0.2) is 49.0 Å². The van der Waals surface area contributed by atoms with Crippen LogP contribution in [0.5, 0.6) is 0 Å². The van der Waals surface area contributed by atoms with Crippen molar-refractivity contribution in [1.29, 1.82) is 0 Å². The maximum Gasteiger partial charge on any atom is 0.185 e. The second kappa shape index (κ2) is 10.1. The molecule has 0 heterocycles. The normalized spacial score (nSPS) is 11.4. The molecule has 0 aromatic rings. The summed E-state index contributed by atoms with van der Waals surface area (Å²) < 4.78 is 5.17. The highest BCUT2D eigenvalue weighted by Gasteiger charge is 1.97. The fraction of sp³-hybridized carbons (Fsp3) is 0.467. The van der Waals surface area contributed by atoms with Crippen molar-refractivity contribution >= 4 is 0 Å². The molecule has 0 spiro atoms. The average molecular weight is 266 g/mol. The number of allylic oxidation sites excluding steroid dienone is 3. The Morgan fingerprint density at radius 3 is 2.68 bits per heavy atom. The summed E-state index contributed by atoms with van der Waals surface area (Å²) in [6.45, 7) is 11.9. The van der Waals surface area contributed by atoms with E-state index in [0.717, 1.165) is 12.8 Å². The van der Waals surface area contributed by atoms with Crippen LogP contribution >= 0.6 is 0 Å². The van der Waals surface area contributed by atoms with Gasteiger partial charge in [-0.25, -0.2) is 0 Å². The summed E-state index contributed by atoms with van der Waals surface area (Å²) in [5, 5.41) is 12.7. The van der Waals surface area contributed by atoms with Gasteiger partial charge in [-0.1, -0.05) is 19.6 Å². The van der Waals surface area contributed by atoms with Gasteiger partial charge in [0.2, 0.25) is 0 Å². The van der Waals surface area contributed by atoms with Crippen molar-refractivity contribution in [2.75, 3.05) is 13.6 Å². The fourth-order valence-corrected chi connectivity index (χ4v) is 1.36. The Bertz CT molecular complexity index is 346. The van der Waals surface area contributed by atoms with Crippen molar-refractivity contribution in [2.24, 2.45) is 0 Å². The number of nitrogens with one attached hydrogen (secondary N) is 1. The largest absolute Gasteiger partial charge is 0.511 e. The summed E-state index contributed by atoms with van der Waals surface area (Å²) >= 11 is 0. The van der Waals surface area contributed by atoms with Gasteiger partial charge in [0, 0.05) is 26.2 Å². The van der Waals surface area contributed by atoms with Crippen molar-refractivity contribution in [1.82, 2.24) is 10.2 Å². The van der Waals surface area contributed by atoms with Gasteiger partial charge in [-0.3, -0.25) is 0 Å². The molecule has 4 heteroatoms. The van der Waals surface area contributed by atoms with Crippen LogP contribution in [0.4, 0.5) is 0 Å². The Morgan fingerprint density at radius 1 is 1.42 bits per heavy atom. The van der Waals surface area contributed by atoms with E-state index in [0.29, 0.717) is 30.4 Å². The van der Waals surface area contributed by atoms with E-state index in [1.165, 1.54) is 0 Å². The van der Waals surface area contributed by atoms with Crippen LogP contribution in [0.3, 0.4) is 0 Å². The monoisotopic (exact) mass is 266 g/mol. The Hall–Kier alpha value is -1.84. The number of nitrogens with zero attached hydrogens (tertiary/aromatic N) is 1. The lowest BCUT2D eigenvalue weighted by Gasteiger charge is -2.11. The average Bonchev–Trinajstić information content (AvgIpc) is 2.31. The summed E-state index contributed by atoms with van der Waals surface area (Å²) in [4.78, 5) is 1.84. The van der Waals surface area contributed by atoms with E-state index in [1.807, 2.05) is 24.2 Å². The summed E-state index contributed by atoms with van der Waals surface area (Å²) in [6.07, 6.45) is 8.06. The maximum absolute atomic E-state index is 9.72. The van der Waals surface area contributed by atoms with Crippen molar-refractivity contribution in [3.05, 3.63) is 49.0 Å².